The molecule has 1 saturated heterocycles. The van der Waals surface area contributed by atoms with Crippen molar-refractivity contribution in [1.29, 1.82) is 0 Å². The van der Waals surface area contributed by atoms with Crippen molar-refractivity contribution in [1.82, 2.24) is 45.3 Å². The fraction of sp³-hybridized carbons (Fsp3) is 0.409. The van der Waals surface area contributed by atoms with Crippen LogP contribution in [0.3, 0.4) is 0 Å². The quantitative estimate of drug-likeness (QED) is 0.370. The number of imidazole rings is 1. The van der Waals surface area contributed by atoms with Gasteiger partial charge in [-0.15, -0.1) is 0 Å². The molecule has 0 saturated carbocycles. The molecule has 1 aliphatic rings. The Labute approximate surface area is 195 Å². The van der Waals surface area contributed by atoms with Crippen LogP contribution in [-0.4, -0.2) is 59.0 Å². The van der Waals surface area contributed by atoms with Gasteiger partial charge < -0.3 is 20.6 Å². The normalized spacial score (nSPS) is 15.1. The minimum atomic E-state index is -0.458. The zero-order valence-corrected chi connectivity index (χ0v) is 19.1. The van der Waals surface area contributed by atoms with Crippen LogP contribution in [0.2, 0.25) is 0 Å². The van der Waals surface area contributed by atoms with Crippen molar-refractivity contribution in [3.8, 4) is 11.5 Å². The van der Waals surface area contributed by atoms with E-state index in [2.05, 4.69) is 45.3 Å². The second-order valence-corrected chi connectivity index (χ2v) is 8.34. The number of nitrogens with one attached hydrogen (secondary N) is 2. The van der Waals surface area contributed by atoms with Gasteiger partial charge in [0.2, 0.25) is 0 Å². The minimum absolute atomic E-state index is 0.272. The van der Waals surface area contributed by atoms with Crippen LogP contribution in [0, 0.1) is 0 Å². The van der Waals surface area contributed by atoms with E-state index in [0.29, 0.717) is 46.4 Å². The molecule has 4 aromatic heterocycles. The van der Waals surface area contributed by atoms with Gasteiger partial charge in [0.25, 0.3) is 5.91 Å². The standard InChI is InChI=1S/C22H26N10O2/c1-3-17-24-9-15-21(29-17)30-20(28-15)14-8-16(34-31-14)12(2)27-22(33)18-13(19(23)26-11-25-18)10-32-6-4-5-7-32/h8-9,11-12H,3-7,10H2,1-2H3,(H,27,33)(H2,23,25,26)(H,24,28,29,30). The van der Waals surface area contributed by atoms with Crippen molar-refractivity contribution >= 4 is 22.9 Å². The fourth-order valence-electron chi connectivity index (χ4n) is 4.02. The zero-order chi connectivity index (χ0) is 23.7. The first-order chi connectivity index (χ1) is 16.5. The third-order valence-corrected chi connectivity index (χ3v) is 5.93. The highest BCUT2D eigenvalue weighted by atomic mass is 16.5. The molecule has 0 bridgehead atoms. The number of nitrogens with zero attached hydrogens (tertiary/aromatic N) is 7. The Bertz CT molecular complexity index is 1320. The first-order valence-corrected chi connectivity index (χ1v) is 11.3. The van der Waals surface area contributed by atoms with Gasteiger partial charge in [0.1, 0.15) is 34.9 Å². The smallest absolute Gasteiger partial charge is 0.271 e. The summed E-state index contributed by atoms with van der Waals surface area (Å²) in [7, 11) is 0. The molecule has 0 radical (unpaired) electrons. The van der Waals surface area contributed by atoms with Crippen LogP contribution in [0.15, 0.2) is 23.1 Å². The highest BCUT2D eigenvalue weighted by Gasteiger charge is 2.24. The van der Waals surface area contributed by atoms with Crippen molar-refractivity contribution < 1.29 is 9.32 Å². The number of carbonyl (C=O) groups excluding carboxylic acids is 1. The van der Waals surface area contributed by atoms with E-state index in [9.17, 15) is 4.79 Å². The lowest BCUT2D eigenvalue weighted by atomic mass is 10.1. The molecule has 12 heteroatoms. The summed E-state index contributed by atoms with van der Waals surface area (Å²) in [6.45, 7) is 6.29. The number of nitrogens with two attached hydrogens (primary N) is 1. The molecule has 0 aliphatic carbocycles. The molecule has 0 spiro atoms. The third-order valence-electron chi connectivity index (χ3n) is 5.93. The monoisotopic (exact) mass is 462 g/mol. The Hall–Kier alpha value is -3.93. The van der Waals surface area contributed by atoms with Gasteiger partial charge in [0.05, 0.1) is 12.2 Å². The number of carbonyl (C=O) groups is 1. The summed E-state index contributed by atoms with van der Waals surface area (Å²) in [5, 5.41) is 7.03. The lowest BCUT2D eigenvalue weighted by molar-refractivity contribution is 0.0926. The number of H-pyrrole nitrogens is 1. The second kappa shape index (κ2) is 9.14. The van der Waals surface area contributed by atoms with Gasteiger partial charge in [0, 0.05) is 24.6 Å². The lowest BCUT2D eigenvalue weighted by Crippen LogP contribution is -2.30. The number of likely N-dealkylation sites (tertiary alicyclic amines) is 1. The number of rotatable bonds is 7. The molecule has 4 N–H and O–H groups in total. The molecular weight excluding hydrogens is 436 g/mol. The minimum Gasteiger partial charge on any atom is -0.383 e. The van der Waals surface area contributed by atoms with E-state index in [0.717, 1.165) is 38.2 Å². The van der Waals surface area contributed by atoms with Crippen LogP contribution in [-0.2, 0) is 13.0 Å². The number of hydrogen-bond donors (Lipinski definition) is 3. The predicted octanol–water partition coefficient (Wildman–Crippen LogP) is 2.03. The van der Waals surface area contributed by atoms with Gasteiger partial charge in [-0.3, -0.25) is 9.69 Å². The summed E-state index contributed by atoms with van der Waals surface area (Å²) >= 11 is 0. The number of aromatic nitrogens is 7. The first-order valence-electron chi connectivity index (χ1n) is 11.3. The zero-order valence-electron chi connectivity index (χ0n) is 19.1. The molecular formula is C22H26N10O2. The number of nitrogen functional groups attached to an aromatic ring is 1. The average Bonchev–Trinajstić information content (AvgIpc) is 3.60. The molecule has 34 heavy (non-hydrogen) atoms. The van der Waals surface area contributed by atoms with Crippen molar-refractivity contribution in [3.05, 3.63) is 41.4 Å². The summed E-state index contributed by atoms with van der Waals surface area (Å²) in [6, 6.07) is 1.27. The van der Waals surface area contributed by atoms with Crippen LogP contribution < -0.4 is 11.1 Å². The Morgan fingerprint density at radius 2 is 2.09 bits per heavy atom. The van der Waals surface area contributed by atoms with Crippen molar-refractivity contribution in [2.75, 3.05) is 18.8 Å². The van der Waals surface area contributed by atoms with Crippen LogP contribution in [0.1, 0.15) is 60.4 Å². The average molecular weight is 463 g/mol. The van der Waals surface area contributed by atoms with E-state index < -0.39 is 6.04 Å². The van der Waals surface area contributed by atoms with Crippen molar-refractivity contribution in [2.24, 2.45) is 0 Å². The van der Waals surface area contributed by atoms with E-state index in [1.54, 1.807) is 12.3 Å². The predicted molar refractivity (Wildman–Crippen MR) is 123 cm³/mol. The molecule has 1 unspecified atom stereocenters. The van der Waals surface area contributed by atoms with Gasteiger partial charge in [-0.05, 0) is 32.9 Å². The number of fused-ring (bicyclic) bond motifs is 1. The van der Waals surface area contributed by atoms with Crippen LogP contribution in [0.25, 0.3) is 22.7 Å². The van der Waals surface area contributed by atoms with Crippen LogP contribution in [0.4, 0.5) is 5.82 Å². The Morgan fingerprint density at radius 3 is 2.88 bits per heavy atom. The highest BCUT2D eigenvalue weighted by Crippen LogP contribution is 2.24. The van der Waals surface area contributed by atoms with Gasteiger partial charge in [0.15, 0.2) is 17.2 Å². The number of aromatic amines is 1. The van der Waals surface area contributed by atoms with Crippen LogP contribution in [0.5, 0.6) is 0 Å². The third kappa shape index (κ3) is 4.31. The summed E-state index contributed by atoms with van der Waals surface area (Å²) in [5.41, 5.74) is 8.79. The maximum Gasteiger partial charge on any atom is 0.271 e. The van der Waals surface area contributed by atoms with Gasteiger partial charge in [-0.1, -0.05) is 12.1 Å². The molecule has 1 fully saturated rings. The van der Waals surface area contributed by atoms with Gasteiger partial charge in [-0.25, -0.2) is 24.9 Å². The maximum absolute atomic E-state index is 13.1. The van der Waals surface area contributed by atoms with E-state index in [1.807, 2.05) is 13.8 Å². The SMILES string of the molecule is CCc1ncc2[nH]c(-c3cc(C(C)NC(=O)c4ncnc(N)c4CN4CCCC4)on3)nc2n1. The summed E-state index contributed by atoms with van der Waals surface area (Å²) in [5.74, 6) is 1.69. The topological polar surface area (TPSA) is 165 Å². The summed E-state index contributed by atoms with van der Waals surface area (Å²) in [4.78, 5) is 39.9. The fourth-order valence-corrected chi connectivity index (χ4v) is 4.02. The second-order valence-electron chi connectivity index (χ2n) is 8.34. The Balaban J connectivity index is 1.32. The number of anilines is 1. The number of aryl methyl sites for hydroxylation is 1. The van der Waals surface area contributed by atoms with E-state index in [4.69, 9.17) is 10.3 Å². The van der Waals surface area contributed by atoms with E-state index in [-0.39, 0.29) is 11.6 Å². The highest BCUT2D eigenvalue weighted by molar-refractivity contribution is 5.94. The molecule has 0 aromatic carbocycles. The largest absolute Gasteiger partial charge is 0.383 e. The van der Waals surface area contributed by atoms with Crippen molar-refractivity contribution in [2.45, 2.75) is 45.7 Å². The van der Waals surface area contributed by atoms with Crippen LogP contribution >= 0.6 is 0 Å². The molecule has 5 heterocycles. The van der Waals surface area contributed by atoms with E-state index >= 15 is 0 Å². The molecule has 5 rings (SSSR count). The first kappa shape index (κ1) is 21.9. The lowest BCUT2D eigenvalue weighted by Gasteiger charge is -2.18. The Morgan fingerprint density at radius 1 is 1.26 bits per heavy atom. The van der Waals surface area contributed by atoms with Crippen molar-refractivity contribution in [3.63, 3.8) is 0 Å². The summed E-state index contributed by atoms with van der Waals surface area (Å²) < 4.78 is 5.49. The summed E-state index contributed by atoms with van der Waals surface area (Å²) in [6.07, 6.45) is 6.01. The molecule has 176 valence electrons. The molecule has 1 atom stereocenters. The van der Waals surface area contributed by atoms with Gasteiger partial charge in [-0.2, -0.15) is 0 Å². The maximum atomic E-state index is 13.1. The van der Waals surface area contributed by atoms with Gasteiger partial charge >= 0.3 is 0 Å². The van der Waals surface area contributed by atoms with E-state index in [1.165, 1.54) is 6.33 Å². The molecule has 12 nitrogen and oxygen atoms in total. The molecule has 4 aromatic rings. The number of hydrogen-bond acceptors (Lipinski definition) is 10. The molecule has 1 amide bonds. The Kier molecular flexibility index (Phi) is 5.88. The molecule has 1 aliphatic heterocycles. The number of amides is 1.